The maximum Gasteiger partial charge on any atom is 0.263 e. The molecule has 0 aliphatic heterocycles. The number of aromatic amines is 1. The van der Waals surface area contributed by atoms with Crippen molar-refractivity contribution in [3.05, 3.63) is 62.7 Å². The molecule has 4 rings (SSSR count). The third-order valence-electron chi connectivity index (χ3n) is 4.43. The summed E-state index contributed by atoms with van der Waals surface area (Å²) < 4.78 is 29.1. The van der Waals surface area contributed by atoms with Crippen LogP contribution < -0.4 is 15.6 Å². The molecule has 3 aromatic heterocycles. The van der Waals surface area contributed by atoms with E-state index in [4.69, 9.17) is 0 Å². The van der Waals surface area contributed by atoms with E-state index in [0.29, 0.717) is 15.9 Å². The number of aromatic nitrogens is 4. The van der Waals surface area contributed by atoms with Crippen molar-refractivity contribution in [2.75, 3.05) is 18.4 Å². The molecule has 0 unspecified atom stereocenters. The van der Waals surface area contributed by atoms with E-state index in [2.05, 4.69) is 25.1 Å². The second-order valence-corrected chi connectivity index (χ2v) is 9.84. The number of thiophene rings is 1. The summed E-state index contributed by atoms with van der Waals surface area (Å²) in [4.78, 5) is 21.4. The molecule has 0 atom stereocenters. The number of hydrogen-bond donors (Lipinski definition) is 3. The van der Waals surface area contributed by atoms with E-state index < -0.39 is 10.0 Å². The van der Waals surface area contributed by atoms with Gasteiger partial charge in [-0.1, -0.05) is 18.2 Å². The van der Waals surface area contributed by atoms with Crippen LogP contribution in [0.15, 0.2) is 52.3 Å². The second-order valence-electron chi connectivity index (χ2n) is 6.65. The molecule has 11 heteroatoms. The third-order valence-corrected chi connectivity index (χ3v) is 7.12. The Bertz CT molecular complexity index is 1360. The lowest BCUT2D eigenvalue weighted by Gasteiger charge is -2.08. The van der Waals surface area contributed by atoms with Crippen LogP contribution in [0.2, 0.25) is 0 Å². The number of hydrogen-bond acceptors (Lipinski definition) is 7. The molecule has 0 radical (unpaired) electrons. The highest BCUT2D eigenvalue weighted by atomic mass is 32.2. The first-order chi connectivity index (χ1) is 14.3. The van der Waals surface area contributed by atoms with Crippen LogP contribution in [0.25, 0.3) is 16.7 Å². The van der Waals surface area contributed by atoms with Crippen molar-refractivity contribution in [3.63, 3.8) is 0 Å². The molecular formula is C19H20N6O3S2. The molecule has 30 heavy (non-hydrogen) atoms. The van der Waals surface area contributed by atoms with Crippen LogP contribution in [0.1, 0.15) is 9.75 Å². The smallest absolute Gasteiger partial charge is 0.263 e. The molecule has 0 amide bonds. The van der Waals surface area contributed by atoms with Gasteiger partial charge in [0.2, 0.25) is 16.0 Å². The van der Waals surface area contributed by atoms with Gasteiger partial charge in [-0.2, -0.15) is 10.1 Å². The van der Waals surface area contributed by atoms with E-state index in [1.807, 2.05) is 37.3 Å². The fourth-order valence-corrected chi connectivity index (χ4v) is 5.66. The molecule has 4 aromatic rings. The molecule has 0 bridgehead atoms. The van der Waals surface area contributed by atoms with E-state index in [1.165, 1.54) is 17.5 Å². The fourth-order valence-electron chi connectivity index (χ4n) is 3.08. The summed E-state index contributed by atoms with van der Waals surface area (Å²) in [6.07, 6.45) is 1.47. The number of aryl methyl sites for hydroxylation is 2. The zero-order valence-electron chi connectivity index (χ0n) is 16.3. The average molecular weight is 445 g/mol. The van der Waals surface area contributed by atoms with Gasteiger partial charge in [0.1, 0.15) is 5.39 Å². The second kappa shape index (κ2) is 8.01. The van der Waals surface area contributed by atoms with Crippen molar-refractivity contribution < 1.29 is 8.42 Å². The Morgan fingerprint density at radius 2 is 1.93 bits per heavy atom. The van der Waals surface area contributed by atoms with Gasteiger partial charge >= 0.3 is 0 Å². The maximum atomic E-state index is 12.5. The van der Waals surface area contributed by atoms with Crippen LogP contribution in [0.4, 0.5) is 5.95 Å². The summed E-state index contributed by atoms with van der Waals surface area (Å²) >= 11 is 1.44. The zero-order chi connectivity index (χ0) is 21.3. The molecule has 0 fully saturated rings. The molecular weight excluding hydrogens is 424 g/mol. The van der Waals surface area contributed by atoms with Gasteiger partial charge in [0.05, 0.1) is 16.8 Å². The Morgan fingerprint density at radius 3 is 2.63 bits per heavy atom. The van der Waals surface area contributed by atoms with Crippen LogP contribution >= 0.6 is 11.3 Å². The summed E-state index contributed by atoms with van der Waals surface area (Å²) in [5.74, 6) is 0.243. The van der Waals surface area contributed by atoms with Gasteiger partial charge in [0, 0.05) is 22.8 Å². The van der Waals surface area contributed by atoms with E-state index in [0.717, 1.165) is 15.4 Å². The van der Waals surface area contributed by atoms with Crippen molar-refractivity contribution in [3.8, 4) is 5.69 Å². The highest BCUT2D eigenvalue weighted by Crippen LogP contribution is 2.24. The van der Waals surface area contributed by atoms with Gasteiger partial charge in [-0.15, -0.1) is 11.3 Å². The Balaban J connectivity index is 1.48. The predicted molar refractivity (Wildman–Crippen MR) is 117 cm³/mol. The Hall–Kier alpha value is -3.02. The summed E-state index contributed by atoms with van der Waals surface area (Å²) in [5.41, 5.74) is 0.873. The number of para-hydroxylation sites is 1. The van der Waals surface area contributed by atoms with Gasteiger partial charge in [-0.3, -0.25) is 9.78 Å². The molecule has 156 valence electrons. The van der Waals surface area contributed by atoms with Crippen molar-refractivity contribution >= 4 is 38.3 Å². The normalized spacial score (nSPS) is 11.8. The first kappa shape index (κ1) is 20.3. The lowest BCUT2D eigenvalue weighted by molar-refractivity contribution is 0.582. The Morgan fingerprint density at radius 1 is 1.17 bits per heavy atom. The first-order valence-electron chi connectivity index (χ1n) is 9.19. The van der Waals surface area contributed by atoms with Crippen molar-refractivity contribution in [1.82, 2.24) is 24.5 Å². The highest BCUT2D eigenvalue weighted by Gasteiger charge is 2.18. The largest absolute Gasteiger partial charge is 0.354 e. The number of benzene rings is 1. The Kier molecular flexibility index (Phi) is 5.41. The zero-order valence-corrected chi connectivity index (χ0v) is 18.0. The predicted octanol–water partition coefficient (Wildman–Crippen LogP) is 2.18. The van der Waals surface area contributed by atoms with Gasteiger partial charge in [-0.05, 0) is 32.0 Å². The van der Waals surface area contributed by atoms with Crippen molar-refractivity contribution in [2.45, 2.75) is 18.7 Å². The minimum Gasteiger partial charge on any atom is -0.354 e. The van der Waals surface area contributed by atoms with Gasteiger partial charge in [0.15, 0.2) is 5.65 Å². The van der Waals surface area contributed by atoms with E-state index in [9.17, 15) is 13.2 Å². The van der Waals surface area contributed by atoms with Crippen LogP contribution in [-0.4, -0.2) is 41.3 Å². The molecule has 9 nitrogen and oxygen atoms in total. The van der Waals surface area contributed by atoms with E-state index in [-0.39, 0.29) is 24.6 Å². The number of nitrogens with zero attached hydrogens (tertiary/aromatic N) is 3. The minimum atomic E-state index is -3.59. The number of rotatable bonds is 7. The molecule has 3 heterocycles. The number of sulfonamides is 1. The number of H-pyrrole nitrogens is 1. The molecule has 0 aliphatic rings. The first-order valence-corrected chi connectivity index (χ1v) is 11.5. The number of fused-ring (bicyclic) bond motifs is 1. The summed E-state index contributed by atoms with van der Waals surface area (Å²) in [5, 5.41) is 7.58. The lowest BCUT2D eigenvalue weighted by atomic mass is 10.3. The van der Waals surface area contributed by atoms with Crippen molar-refractivity contribution in [2.24, 2.45) is 0 Å². The van der Waals surface area contributed by atoms with Gasteiger partial charge in [0.25, 0.3) is 5.56 Å². The van der Waals surface area contributed by atoms with Crippen molar-refractivity contribution in [1.29, 1.82) is 0 Å². The molecule has 0 saturated carbocycles. The minimum absolute atomic E-state index is 0.135. The number of anilines is 1. The standard InChI is InChI=1S/C19H20N6O3S2/c1-12-10-16(13(2)29-12)30(27,28)22-9-8-20-19-23-17-15(18(26)24-19)11-21-25(17)14-6-4-3-5-7-14/h3-7,10-11,22H,8-9H2,1-2H3,(H2,20,23,24,26). The molecule has 1 aromatic carbocycles. The van der Waals surface area contributed by atoms with E-state index in [1.54, 1.807) is 17.7 Å². The quantitative estimate of drug-likeness (QED) is 0.376. The summed E-state index contributed by atoms with van der Waals surface area (Å²) in [6.45, 7) is 4.03. The molecule has 0 saturated heterocycles. The van der Waals surface area contributed by atoms with Gasteiger partial charge in [-0.25, -0.2) is 17.8 Å². The lowest BCUT2D eigenvalue weighted by Crippen LogP contribution is -2.29. The molecule has 0 aliphatic carbocycles. The molecule has 0 spiro atoms. The van der Waals surface area contributed by atoms with Crippen LogP contribution in [0.5, 0.6) is 0 Å². The maximum absolute atomic E-state index is 12.5. The van der Waals surface area contributed by atoms with Crippen LogP contribution in [0.3, 0.4) is 0 Å². The van der Waals surface area contributed by atoms with Crippen LogP contribution in [0, 0.1) is 13.8 Å². The van der Waals surface area contributed by atoms with Crippen LogP contribution in [-0.2, 0) is 10.0 Å². The molecule has 3 N–H and O–H groups in total. The monoisotopic (exact) mass is 444 g/mol. The third kappa shape index (κ3) is 3.99. The highest BCUT2D eigenvalue weighted by molar-refractivity contribution is 7.89. The average Bonchev–Trinajstić information content (AvgIpc) is 3.29. The SMILES string of the molecule is Cc1cc(S(=O)(=O)NCCNc2nc3c(cnn3-c3ccccc3)c(=O)[nH]2)c(C)s1. The van der Waals surface area contributed by atoms with Gasteiger partial charge < -0.3 is 5.32 Å². The number of nitrogens with one attached hydrogen (secondary N) is 3. The summed E-state index contributed by atoms with van der Waals surface area (Å²) in [6, 6.07) is 11.0. The summed E-state index contributed by atoms with van der Waals surface area (Å²) in [7, 11) is -3.59. The Labute approximate surface area is 176 Å². The fraction of sp³-hybridized carbons (Fsp3) is 0.211. The topological polar surface area (TPSA) is 122 Å². The van der Waals surface area contributed by atoms with E-state index >= 15 is 0 Å².